The summed E-state index contributed by atoms with van der Waals surface area (Å²) in [5.41, 5.74) is 0. The normalized spacial score (nSPS) is 30.1. The molecule has 3 heteroatoms. The van der Waals surface area contributed by atoms with Crippen LogP contribution in [0.5, 0.6) is 0 Å². The minimum Gasteiger partial charge on any atom is -0.469 e. The fourth-order valence-corrected chi connectivity index (χ4v) is 2.37. The van der Waals surface area contributed by atoms with Gasteiger partial charge in [-0.3, -0.25) is 4.79 Å². The van der Waals surface area contributed by atoms with E-state index in [0.29, 0.717) is 12.5 Å². The third-order valence-corrected chi connectivity index (χ3v) is 3.82. The average Bonchev–Trinajstić information content (AvgIpc) is 2.28. The summed E-state index contributed by atoms with van der Waals surface area (Å²) in [6, 6.07) is 0.656. The van der Waals surface area contributed by atoms with Crippen LogP contribution in [0.15, 0.2) is 0 Å². The van der Waals surface area contributed by atoms with E-state index in [0.717, 1.165) is 24.8 Å². The highest BCUT2D eigenvalue weighted by Crippen LogP contribution is 2.29. The van der Waals surface area contributed by atoms with E-state index in [1.807, 2.05) is 0 Å². The van der Waals surface area contributed by atoms with Gasteiger partial charge in [0, 0.05) is 12.5 Å². The summed E-state index contributed by atoms with van der Waals surface area (Å²) in [5, 5.41) is 3.54. The van der Waals surface area contributed by atoms with Gasteiger partial charge in [0.05, 0.1) is 7.11 Å². The molecule has 0 aromatic heterocycles. The molecule has 1 rings (SSSR count). The summed E-state index contributed by atoms with van der Waals surface area (Å²) in [7, 11) is 1.44. The van der Waals surface area contributed by atoms with Gasteiger partial charge in [0.1, 0.15) is 0 Å². The molecule has 0 aromatic rings. The van der Waals surface area contributed by atoms with Crippen molar-refractivity contribution < 1.29 is 9.53 Å². The number of rotatable bonds is 5. The number of carbonyl (C=O) groups excluding carboxylic acids is 1. The van der Waals surface area contributed by atoms with Crippen molar-refractivity contribution in [3.8, 4) is 0 Å². The molecule has 1 N–H and O–H groups in total. The van der Waals surface area contributed by atoms with Crippen LogP contribution in [0.25, 0.3) is 0 Å². The second-order valence-electron chi connectivity index (χ2n) is 5.10. The Balaban J connectivity index is 2.07. The highest BCUT2D eigenvalue weighted by atomic mass is 16.5. The molecule has 3 atom stereocenters. The lowest BCUT2D eigenvalue weighted by atomic mass is 9.79. The Morgan fingerprint density at radius 1 is 1.31 bits per heavy atom. The summed E-state index contributed by atoms with van der Waals surface area (Å²) >= 11 is 0. The quantitative estimate of drug-likeness (QED) is 0.579. The fourth-order valence-electron chi connectivity index (χ4n) is 2.37. The van der Waals surface area contributed by atoms with Crippen molar-refractivity contribution in [3.63, 3.8) is 0 Å². The Labute approximate surface area is 98.9 Å². The third-order valence-electron chi connectivity index (χ3n) is 3.82. The average molecular weight is 227 g/mol. The van der Waals surface area contributed by atoms with Crippen LogP contribution in [0, 0.1) is 11.8 Å². The second-order valence-corrected chi connectivity index (χ2v) is 5.10. The van der Waals surface area contributed by atoms with Crippen molar-refractivity contribution in [2.45, 2.75) is 52.0 Å². The molecule has 1 fully saturated rings. The fraction of sp³-hybridized carbons (Fsp3) is 0.923. The molecule has 0 aromatic carbocycles. The van der Waals surface area contributed by atoms with E-state index in [1.165, 1.54) is 26.4 Å². The van der Waals surface area contributed by atoms with Crippen molar-refractivity contribution >= 4 is 5.97 Å². The molecular weight excluding hydrogens is 202 g/mol. The number of ether oxygens (including phenoxy) is 1. The van der Waals surface area contributed by atoms with Crippen molar-refractivity contribution in [3.05, 3.63) is 0 Å². The van der Waals surface area contributed by atoms with E-state index in [1.54, 1.807) is 0 Å². The van der Waals surface area contributed by atoms with Gasteiger partial charge in [-0.2, -0.15) is 0 Å². The van der Waals surface area contributed by atoms with Crippen LogP contribution in [-0.2, 0) is 9.53 Å². The van der Waals surface area contributed by atoms with Crippen LogP contribution in [0.4, 0.5) is 0 Å². The van der Waals surface area contributed by atoms with E-state index in [9.17, 15) is 4.79 Å². The maximum absolute atomic E-state index is 10.9. The summed E-state index contributed by atoms with van der Waals surface area (Å²) < 4.78 is 4.61. The molecule has 0 radical (unpaired) electrons. The monoisotopic (exact) mass is 227 g/mol. The smallest absolute Gasteiger partial charge is 0.305 e. The number of hydrogen-bond acceptors (Lipinski definition) is 3. The van der Waals surface area contributed by atoms with Gasteiger partial charge in [-0.1, -0.05) is 13.8 Å². The first-order valence-electron chi connectivity index (χ1n) is 6.43. The summed E-state index contributed by atoms with van der Waals surface area (Å²) in [6.07, 6.45) is 5.30. The Kier molecular flexibility index (Phi) is 5.81. The van der Waals surface area contributed by atoms with Crippen LogP contribution in [0.3, 0.4) is 0 Å². The zero-order chi connectivity index (χ0) is 12.0. The molecule has 3 unspecified atom stereocenters. The van der Waals surface area contributed by atoms with Gasteiger partial charge in [-0.25, -0.2) is 0 Å². The summed E-state index contributed by atoms with van der Waals surface area (Å²) in [5.74, 6) is 1.59. The highest BCUT2D eigenvalue weighted by Gasteiger charge is 2.23. The van der Waals surface area contributed by atoms with Gasteiger partial charge in [0.2, 0.25) is 0 Å². The predicted octanol–water partition coefficient (Wildman–Crippen LogP) is 2.35. The number of esters is 1. The van der Waals surface area contributed by atoms with Crippen molar-refractivity contribution in [2.24, 2.45) is 11.8 Å². The first-order valence-corrected chi connectivity index (χ1v) is 6.43. The molecular formula is C13H25NO2. The number of hydrogen-bond donors (Lipinski definition) is 1. The second kappa shape index (κ2) is 6.89. The van der Waals surface area contributed by atoms with E-state index >= 15 is 0 Å². The molecule has 1 aliphatic carbocycles. The Morgan fingerprint density at radius 3 is 2.69 bits per heavy atom. The minimum atomic E-state index is -0.104. The van der Waals surface area contributed by atoms with Crippen LogP contribution in [-0.4, -0.2) is 25.7 Å². The number of nitrogens with one attached hydrogen (secondary N) is 1. The molecule has 0 spiro atoms. The van der Waals surface area contributed by atoms with Crippen molar-refractivity contribution in [2.75, 3.05) is 13.7 Å². The van der Waals surface area contributed by atoms with E-state index in [-0.39, 0.29) is 5.97 Å². The van der Waals surface area contributed by atoms with Crippen molar-refractivity contribution in [1.29, 1.82) is 0 Å². The molecule has 0 bridgehead atoms. The topological polar surface area (TPSA) is 38.3 Å². The molecule has 1 saturated carbocycles. The standard InChI is InChI=1S/C13H25NO2/c1-10-6-7-12(9-11(10)2)14-8-4-5-13(15)16-3/h10-12,14H,4-9H2,1-3H3. The lowest BCUT2D eigenvalue weighted by molar-refractivity contribution is -0.140. The van der Waals surface area contributed by atoms with Gasteiger partial charge in [0.15, 0.2) is 0 Å². The number of methoxy groups -OCH3 is 1. The zero-order valence-electron chi connectivity index (χ0n) is 10.8. The summed E-state index contributed by atoms with van der Waals surface area (Å²) in [6.45, 7) is 5.62. The van der Waals surface area contributed by atoms with Gasteiger partial charge >= 0.3 is 5.97 Å². The van der Waals surface area contributed by atoms with Gasteiger partial charge in [0.25, 0.3) is 0 Å². The number of carbonyl (C=O) groups is 1. The SMILES string of the molecule is COC(=O)CCCNC1CCC(C)C(C)C1. The molecule has 0 amide bonds. The Hall–Kier alpha value is -0.570. The molecule has 16 heavy (non-hydrogen) atoms. The first kappa shape index (κ1) is 13.5. The van der Waals surface area contributed by atoms with Gasteiger partial charge in [-0.05, 0) is 44.1 Å². The van der Waals surface area contributed by atoms with Crippen LogP contribution < -0.4 is 5.32 Å². The molecule has 94 valence electrons. The summed E-state index contributed by atoms with van der Waals surface area (Å²) in [4.78, 5) is 10.9. The highest BCUT2D eigenvalue weighted by molar-refractivity contribution is 5.69. The largest absolute Gasteiger partial charge is 0.469 e. The predicted molar refractivity (Wildman–Crippen MR) is 65.2 cm³/mol. The lowest BCUT2D eigenvalue weighted by Gasteiger charge is -2.32. The molecule has 3 nitrogen and oxygen atoms in total. The van der Waals surface area contributed by atoms with E-state index in [4.69, 9.17) is 0 Å². The van der Waals surface area contributed by atoms with Crippen LogP contribution >= 0.6 is 0 Å². The van der Waals surface area contributed by atoms with Gasteiger partial charge < -0.3 is 10.1 Å². The Bertz CT molecular complexity index is 218. The zero-order valence-corrected chi connectivity index (χ0v) is 10.8. The third kappa shape index (κ3) is 4.52. The maximum Gasteiger partial charge on any atom is 0.305 e. The van der Waals surface area contributed by atoms with Crippen LogP contribution in [0.1, 0.15) is 46.0 Å². The molecule has 0 aliphatic heterocycles. The lowest BCUT2D eigenvalue weighted by Crippen LogP contribution is -2.36. The first-order chi connectivity index (χ1) is 7.63. The molecule has 0 saturated heterocycles. The maximum atomic E-state index is 10.9. The molecule has 1 aliphatic rings. The van der Waals surface area contributed by atoms with E-state index < -0.39 is 0 Å². The van der Waals surface area contributed by atoms with Gasteiger partial charge in [-0.15, -0.1) is 0 Å². The minimum absolute atomic E-state index is 0.104. The Morgan fingerprint density at radius 2 is 2.06 bits per heavy atom. The molecule has 0 heterocycles. The van der Waals surface area contributed by atoms with E-state index in [2.05, 4.69) is 23.9 Å². The van der Waals surface area contributed by atoms with Crippen molar-refractivity contribution in [1.82, 2.24) is 5.32 Å². The van der Waals surface area contributed by atoms with Crippen LogP contribution in [0.2, 0.25) is 0 Å².